The average Bonchev–Trinajstić information content (AvgIpc) is 2.25. The third-order valence-corrected chi connectivity index (χ3v) is 3.34. The molecule has 0 saturated heterocycles. The molecule has 1 aliphatic rings. The molecule has 3 unspecified atom stereocenters. The van der Waals surface area contributed by atoms with Gasteiger partial charge >= 0.3 is 0 Å². The van der Waals surface area contributed by atoms with Gasteiger partial charge in [-0.25, -0.2) is 0 Å². The molecule has 2 nitrogen and oxygen atoms in total. The van der Waals surface area contributed by atoms with Crippen LogP contribution in [0, 0.1) is 5.92 Å². The molecule has 3 atom stereocenters. The second-order valence-electron chi connectivity index (χ2n) is 4.99. The number of nitrogens with one attached hydrogen (secondary N) is 1. The summed E-state index contributed by atoms with van der Waals surface area (Å²) < 4.78 is 5.99. The van der Waals surface area contributed by atoms with E-state index in [-0.39, 0.29) is 0 Å². The Labute approximate surface area is 94.8 Å². The second kappa shape index (κ2) is 7.24. The lowest BCUT2D eigenvalue weighted by atomic mass is 9.88. The minimum atomic E-state index is 0.499. The van der Waals surface area contributed by atoms with Gasteiger partial charge in [-0.05, 0) is 38.6 Å². The first kappa shape index (κ1) is 13.0. The van der Waals surface area contributed by atoms with Gasteiger partial charge in [0, 0.05) is 6.04 Å². The molecule has 0 aromatic carbocycles. The molecule has 0 aromatic rings. The monoisotopic (exact) mass is 213 g/mol. The Bertz CT molecular complexity index is 161. The topological polar surface area (TPSA) is 21.3 Å². The van der Waals surface area contributed by atoms with E-state index in [0.717, 1.165) is 19.1 Å². The Kier molecular flexibility index (Phi) is 6.26. The summed E-state index contributed by atoms with van der Waals surface area (Å²) in [5.74, 6) is 0.761. The zero-order valence-electron chi connectivity index (χ0n) is 10.6. The van der Waals surface area contributed by atoms with E-state index in [0.29, 0.717) is 12.1 Å². The van der Waals surface area contributed by atoms with E-state index in [4.69, 9.17) is 4.74 Å². The van der Waals surface area contributed by atoms with Crippen LogP contribution >= 0.6 is 0 Å². The quantitative estimate of drug-likeness (QED) is 0.732. The lowest BCUT2D eigenvalue weighted by Gasteiger charge is -2.29. The molecular formula is C13H27NO. The van der Waals surface area contributed by atoms with Crippen molar-refractivity contribution >= 4 is 0 Å². The van der Waals surface area contributed by atoms with Gasteiger partial charge in [-0.15, -0.1) is 0 Å². The summed E-state index contributed by atoms with van der Waals surface area (Å²) in [4.78, 5) is 0. The summed E-state index contributed by atoms with van der Waals surface area (Å²) in [6, 6.07) is 0.499. The zero-order valence-corrected chi connectivity index (χ0v) is 10.6. The van der Waals surface area contributed by atoms with Gasteiger partial charge in [0.2, 0.25) is 0 Å². The maximum absolute atomic E-state index is 5.99. The second-order valence-corrected chi connectivity index (χ2v) is 4.99. The lowest BCUT2D eigenvalue weighted by molar-refractivity contribution is -0.0129. The molecule has 1 N–H and O–H groups in total. The maximum atomic E-state index is 5.99. The summed E-state index contributed by atoms with van der Waals surface area (Å²) in [5, 5.41) is 3.46. The van der Waals surface area contributed by atoms with Crippen LogP contribution in [0.4, 0.5) is 0 Å². The fourth-order valence-corrected chi connectivity index (χ4v) is 2.25. The highest BCUT2D eigenvalue weighted by Gasteiger charge is 2.22. The fourth-order valence-electron chi connectivity index (χ4n) is 2.25. The Morgan fingerprint density at radius 1 is 1.33 bits per heavy atom. The van der Waals surface area contributed by atoms with Gasteiger partial charge in [0.25, 0.3) is 0 Å². The number of hydrogen-bond acceptors (Lipinski definition) is 2. The number of ether oxygens (including phenoxy) is 1. The maximum Gasteiger partial charge on any atom is 0.0620 e. The average molecular weight is 213 g/mol. The molecule has 15 heavy (non-hydrogen) atoms. The van der Waals surface area contributed by atoms with E-state index in [1.807, 2.05) is 0 Å². The first-order valence-electron chi connectivity index (χ1n) is 6.59. The van der Waals surface area contributed by atoms with Crippen molar-refractivity contribution < 1.29 is 4.74 Å². The van der Waals surface area contributed by atoms with Gasteiger partial charge in [0.15, 0.2) is 0 Å². The highest BCUT2D eigenvalue weighted by molar-refractivity contribution is 4.73. The fraction of sp³-hybridized carbons (Fsp3) is 1.00. The van der Waals surface area contributed by atoms with Crippen LogP contribution in [0.2, 0.25) is 0 Å². The molecule has 0 aliphatic heterocycles. The van der Waals surface area contributed by atoms with E-state index in [2.05, 4.69) is 26.1 Å². The van der Waals surface area contributed by atoms with Crippen molar-refractivity contribution in [3.63, 3.8) is 0 Å². The Balaban J connectivity index is 2.11. The van der Waals surface area contributed by atoms with Crippen molar-refractivity contribution in [3.8, 4) is 0 Å². The van der Waals surface area contributed by atoms with Crippen LogP contribution in [0.25, 0.3) is 0 Å². The molecule has 90 valence electrons. The molecule has 2 heteroatoms. The first-order valence-corrected chi connectivity index (χ1v) is 6.59. The van der Waals surface area contributed by atoms with Crippen LogP contribution in [0.3, 0.4) is 0 Å². The van der Waals surface area contributed by atoms with Crippen molar-refractivity contribution in [3.05, 3.63) is 0 Å². The van der Waals surface area contributed by atoms with Crippen molar-refractivity contribution in [2.75, 3.05) is 13.2 Å². The standard InChI is InChI=1S/C13H27NO/c1-4-9-14-12(3)10-15-13-8-6-5-7-11(13)2/h11-14H,4-10H2,1-3H3. The van der Waals surface area contributed by atoms with Crippen LogP contribution in [0.5, 0.6) is 0 Å². The minimum absolute atomic E-state index is 0.499. The van der Waals surface area contributed by atoms with E-state index >= 15 is 0 Å². The summed E-state index contributed by atoms with van der Waals surface area (Å²) in [6.45, 7) is 8.71. The highest BCUT2D eigenvalue weighted by Crippen LogP contribution is 2.26. The highest BCUT2D eigenvalue weighted by atomic mass is 16.5. The van der Waals surface area contributed by atoms with E-state index in [1.54, 1.807) is 0 Å². The minimum Gasteiger partial charge on any atom is -0.376 e. The van der Waals surface area contributed by atoms with Gasteiger partial charge in [-0.3, -0.25) is 0 Å². The summed E-state index contributed by atoms with van der Waals surface area (Å²) in [7, 11) is 0. The van der Waals surface area contributed by atoms with E-state index < -0.39 is 0 Å². The predicted octanol–water partition coefficient (Wildman–Crippen LogP) is 2.97. The van der Waals surface area contributed by atoms with Gasteiger partial charge in [0.1, 0.15) is 0 Å². The molecule has 1 saturated carbocycles. The molecule has 0 radical (unpaired) electrons. The largest absolute Gasteiger partial charge is 0.376 e. The Hall–Kier alpha value is -0.0800. The molecular weight excluding hydrogens is 186 g/mol. The molecule has 0 spiro atoms. The van der Waals surface area contributed by atoms with Crippen molar-refractivity contribution in [2.24, 2.45) is 5.92 Å². The SMILES string of the molecule is CCCNC(C)COC1CCCCC1C. The normalized spacial score (nSPS) is 29.0. The summed E-state index contributed by atoms with van der Waals surface area (Å²) >= 11 is 0. The molecule has 1 rings (SSSR count). The lowest BCUT2D eigenvalue weighted by Crippen LogP contribution is -2.35. The van der Waals surface area contributed by atoms with Crippen LogP contribution in [-0.2, 0) is 4.74 Å². The number of hydrogen-bond donors (Lipinski definition) is 1. The third-order valence-electron chi connectivity index (χ3n) is 3.34. The Morgan fingerprint density at radius 2 is 2.07 bits per heavy atom. The molecule has 0 aromatic heterocycles. The van der Waals surface area contributed by atoms with E-state index in [9.17, 15) is 0 Å². The first-order chi connectivity index (χ1) is 7.24. The molecule has 0 amide bonds. The van der Waals surface area contributed by atoms with Gasteiger partial charge < -0.3 is 10.1 Å². The van der Waals surface area contributed by atoms with Gasteiger partial charge in [-0.2, -0.15) is 0 Å². The summed E-state index contributed by atoms with van der Waals surface area (Å²) in [5.41, 5.74) is 0. The molecule has 1 aliphatic carbocycles. The zero-order chi connectivity index (χ0) is 11.1. The van der Waals surface area contributed by atoms with Crippen molar-refractivity contribution in [1.29, 1.82) is 0 Å². The Morgan fingerprint density at radius 3 is 2.73 bits per heavy atom. The van der Waals surface area contributed by atoms with Crippen molar-refractivity contribution in [2.45, 2.75) is 65.0 Å². The van der Waals surface area contributed by atoms with Gasteiger partial charge in [0.05, 0.1) is 12.7 Å². The van der Waals surface area contributed by atoms with E-state index in [1.165, 1.54) is 32.1 Å². The van der Waals surface area contributed by atoms with Crippen LogP contribution in [0.15, 0.2) is 0 Å². The molecule has 1 fully saturated rings. The van der Waals surface area contributed by atoms with Crippen LogP contribution in [-0.4, -0.2) is 25.3 Å². The van der Waals surface area contributed by atoms with Crippen LogP contribution in [0.1, 0.15) is 52.9 Å². The van der Waals surface area contributed by atoms with Crippen LogP contribution < -0.4 is 5.32 Å². The molecule has 0 heterocycles. The smallest absolute Gasteiger partial charge is 0.0620 e. The predicted molar refractivity (Wildman–Crippen MR) is 65.1 cm³/mol. The summed E-state index contributed by atoms with van der Waals surface area (Å²) in [6.07, 6.45) is 7.08. The van der Waals surface area contributed by atoms with Crippen molar-refractivity contribution in [1.82, 2.24) is 5.32 Å². The third kappa shape index (κ3) is 4.98. The van der Waals surface area contributed by atoms with Gasteiger partial charge in [-0.1, -0.05) is 26.7 Å². The number of rotatable bonds is 6. The molecule has 0 bridgehead atoms.